The van der Waals surface area contributed by atoms with E-state index in [4.69, 9.17) is 0 Å². The fourth-order valence-corrected chi connectivity index (χ4v) is 2.49. The quantitative estimate of drug-likeness (QED) is 0.489. The van der Waals surface area contributed by atoms with Gasteiger partial charge < -0.3 is 4.57 Å². The molecule has 0 saturated carbocycles. The van der Waals surface area contributed by atoms with Gasteiger partial charge in [0.1, 0.15) is 5.82 Å². The minimum absolute atomic E-state index is 0.0935. The first-order chi connectivity index (χ1) is 6.97. The number of hydrogen-bond donors (Lipinski definition) is 1. The molecule has 0 amide bonds. The molecule has 1 heterocycles. The van der Waals surface area contributed by atoms with Gasteiger partial charge in [0.15, 0.2) is 5.03 Å². The van der Waals surface area contributed by atoms with E-state index < -0.39 is 10.0 Å². The van der Waals surface area contributed by atoms with Crippen molar-refractivity contribution in [1.29, 1.82) is 0 Å². The Morgan fingerprint density at radius 3 is 2.73 bits per heavy atom. The van der Waals surface area contributed by atoms with Crippen LogP contribution < -0.4 is 4.72 Å². The van der Waals surface area contributed by atoms with E-state index in [1.807, 2.05) is 0 Å². The van der Waals surface area contributed by atoms with Crippen molar-refractivity contribution in [3.63, 3.8) is 0 Å². The number of sulfonamides is 1. The van der Waals surface area contributed by atoms with Crippen LogP contribution in [0.5, 0.6) is 0 Å². The lowest BCUT2D eigenvalue weighted by Gasteiger charge is -2.01. The standard InChI is InChI=1S/C8H14IN3O2S/c1-7-11-8(6-12(7)2)15(13,14)10-5-3-4-9/h6,10H,3-5H2,1-2H3. The third-order valence-electron chi connectivity index (χ3n) is 1.96. The Hall–Kier alpha value is -0.150. The molecule has 0 fully saturated rings. The SMILES string of the molecule is Cc1nc(S(=O)(=O)NCCCI)cn1C. The van der Waals surface area contributed by atoms with Gasteiger partial charge in [-0.05, 0) is 13.3 Å². The topological polar surface area (TPSA) is 64.0 Å². The summed E-state index contributed by atoms with van der Waals surface area (Å²) < 4.78 is 28.5. The van der Waals surface area contributed by atoms with Crippen molar-refractivity contribution in [2.24, 2.45) is 7.05 Å². The van der Waals surface area contributed by atoms with Crippen LogP contribution in [-0.4, -0.2) is 28.9 Å². The van der Waals surface area contributed by atoms with Crippen molar-refractivity contribution in [3.8, 4) is 0 Å². The molecule has 1 aromatic heterocycles. The van der Waals surface area contributed by atoms with Crippen molar-refractivity contribution < 1.29 is 8.42 Å². The molecule has 0 aliphatic heterocycles. The fourth-order valence-electron chi connectivity index (χ4n) is 1.00. The van der Waals surface area contributed by atoms with Crippen LogP contribution in [-0.2, 0) is 17.1 Å². The predicted molar refractivity (Wildman–Crippen MR) is 66.6 cm³/mol. The van der Waals surface area contributed by atoms with E-state index >= 15 is 0 Å². The molecule has 0 atom stereocenters. The zero-order valence-corrected chi connectivity index (χ0v) is 11.7. The second-order valence-electron chi connectivity index (χ2n) is 3.18. The lowest BCUT2D eigenvalue weighted by Crippen LogP contribution is -2.25. The summed E-state index contributed by atoms with van der Waals surface area (Å²) in [5.41, 5.74) is 0. The second-order valence-corrected chi connectivity index (χ2v) is 5.97. The molecule has 1 N–H and O–H groups in total. The molecular formula is C8H14IN3O2S. The Morgan fingerprint density at radius 2 is 2.27 bits per heavy atom. The largest absolute Gasteiger partial charge is 0.337 e. The maximum atomic E-state index is 11.7. The molecule has 0 unspecified atom stereocenters. The van der Waals surface area contributed by atoms with Gasteiger partial charge in [-0.2, -0.15) is 0 Å². The summed E-state index contributed by atoms with van der Waals surface area (Å²) in [6.07, 6.45) is 2.34. The van der Waals surface area contributed by atoms with E-state index in [1.165, 1.54) is 6.20 Å². The number of rotatable bonds is 5. The molecule has 0 aliphatic rings. The lowest BCUT2D eigenvalue weighted by atomic mass is 10.5. The van der Waals surface area contributed by atoms with Crippen LogP contribution in [0.15, 0.2) is 11.2 Å². The number of aromatic nitrogens is 2. The average Bonchev–Trinajstić information content (AvgIpc) is 2.48. The second kappa shape index (κ2) is 5.26. The average molecular weight is 343 g/mol. The Labute approximate surface area is 103 Å². The van der Waals surface area contributed by atoms with Crippen molar-refractivity contribution >= 4 is 32.6 Å². The summed E-state index contributed by atoms with van der Waals surface area (Å²) in [6.45, 7) is 2.23. The summed E-state index contributed by atoms with van der Waals surface area (Å²) in [7, 11) is -1.65. The Kier molecular flexibility index (Phi) is 4.53. The van der Waals surface area contributed by atoms with Crippen molar-refractivity contribution in [1.82, 2.24) is 14.3 Å². The Bertz CT molecular complexity index is 408. The van der Waals surface area contributed by atoms with Crippen LogP contribution in [0, 0.1) is 6.92 Å². The molecule has 0 radical (unpaired) electrons. The molecule has 7 heteroatoms. The molecular weight excluding hydrogens is 329 g/mol. The lowest BCUT2D eigenvalue weighted by molar-refractivity contribution is 0.577. The van der Waals surface area contributed by atoms with Crippen LogP contribution in [0.4, 0.5) is 0 Å². The number of halogens is 1. The number of nitrogens with zero attached hydrogens (tertiary/aromatic N) is 2. The molecule has 1 rings (SSSR count). The van der Waals surface area contributed by atoms with Gasteiger partial charge in [0.05, 0.1) is 0 Å². The van der Waals surface area contributed by atoms with Crippen LogP contribution in [0.25, 0.3) is 0 Å². The molecule has 0 aliphatic carbocycles. The maximum absolute atomic E-state index is 11.7. The van der Waals surface area contributed by atoms with Gasteiger partial charge in [0, 0.05) is 24.2 Å². The molecule has 5 nitrogen and oxygen atoms in total. The number of imidazole rings is 1. The molecule has 0 aromatic carbocycles. The molecule has 0 saturated heterocycles. The summed E-state index contributed by atoms with van der Waals surface area (Å²) in [5, 5.41) is 0.0935. The fraction of sp³-hybridized carbons (Fsp3) is 0.625. The Morgan fingerprint density at radius 1 is 1.60 bits per heavy atom. The smallest absolute Gasteiger partial charge is 0.259 e. The summed E-state index contributed by atoms with van der Waals surface area (Å²) in [5.74, 6) is 0.685. The van der Waals surface area contributed by atoms with Gasteiger partial charge in [-0.25, -0.2) is 18.1 Å². The van der Waals surface area contributed by atoms with E-state index in [2.05, 4.69) is 32.3 Å². The highest BCUT2D eigenvalue weighted by molar-refractivity contribution is 14.1. The zero-order valence-electron chi connectivity index (χ0n) is 8.70. The minimum Gasteiger partial charge on any atom is -0.337 e. The first-order valence-electron chi connectivity index (χ1n) is 4.53. The summed E-state index contributed by atoms with van der Waals surface area (Å²) in [4.78, 5) is 3.97. The first-order valence-corrected chi connectivity index (χ1v) is 7.54. The van der Waals surface area contributed by atoms with Crippen molar-refractivity contribution in [3.05, 3.63) is 12.0 Å². The van der Waals surface area contributed by atoms with E-state index in [1.54, 1.807) is 18.5 Å². The van der Waals surface area contributed by atoms with Gasteiger partial charge in [0.25, 0.3) is 10.0 Å². The van der Waals surface area contributed by atoms with E-state index in [0.29, 0.717) is 12.4 Å². The zero-order chi connectivity index (χ0) is 11.5. The molecule has 1 aromatic rings. The highest BCUT2D eigenvalue weighted by Crippen LogP contribution is 2.07. The van der Waals surface area contributed by atoms with Gasteiger partial charge in [-0.1, -0.05) is 22.6 Å². The third-order valence-corrected chi connectivity index (χ3v) is 4.06. The maximum Gasteiger partial charge on any atom is 0.259 e. The van der Waals surface area contributed by atoms with Gasteiger partial charge >= 0.3 is 0 Å². The number of aryl methyl sites for hydroxylation is 2. The molecule has 15 heavy (non-hydrogen) atoms. The number of hydrogen-bond acceptors (Lipinski definition) is 3. The van der Waals surface area contributed by atoms with Crippen molar-refractivity contribution in [2.45, 2.75) is 18.4 Å². The Balaban J connectivity index is 2.77. The highest BCUT2D eigenvalue weighted by Gasteiger charge is 2.17. The monoisotopic (exact) mass is 343 g/mol. The van der Waals surface area contributed by atoms with Crippen LogP contribution >= 0.6 is 22.6 Å². The van der Waals surface area contributed by atoms with Gasteiger partial charge in [-0.3, -0.25) is 0 Å². The van der Waals surface area contributed by atoms with Gasteiger partial charge in [0.2, 0.25) is 0 Å². The van der Waals surface area contributed by atoms with E-state index in [0.717, 1.165) is 10.8 Å². The van der Waals surface area contributed by atoms with Crippen LogP contribution in [0.3, 0.4) is 0 Å². The van der Waals surface area contributed by atoms with Crippen LogP contribution in [0.2, 0.25) is 0 Å². The van der Waals surface area contributed by atoms with E-state index in [-0.39, 0.29) is 5.03 Å². The summed E-state index contributed by atoms with van der Waals surface area (Å²) >= 11 is 2.21. The number of alkyl halides is 1. The molecule has 86 valence electrons. The van der Waals surface area contributed by atoms with Crippen molar-refractivity contribution in [2.75, 3.05) is 11.0 Å². The predicted octanol–water partition coefficient (Wildman–Crippen LogP) is 0.832. The van der Waals surface area contributed by atoms with Crippen LogP contribution in [0.1, 0.15) is 12.2 Å². The highest BCUT2D eigenvalue weighted by atomic mass is 127. The molecule has 0 spiro atoms. The number of nitrogens with one attached hydrogen (secondary N) is 1. The van der Waals surface area contributed by atoms with Gasteiger partial charge in [-0.15, -0.1) is 0 Å². The molecule has 0 bridgehead atoms. The third kappa shape index (κ3) is 3.42. The minimum atomic E-state index is -3.42. The first kappa shape index (κ1) is 12.9. The van der Waals surface area contributed by atoms with E-state index in [9.17, 15) is 8.42 Å². The summed E-state index contributed by atoms with van der Waals surface area (Å²) in [6, 6.07) is 0. The normalized spacial score (nSPS) is 11.9.